The highest BCUT2D eigenvalue weighted by atomic mass is 16.4. The van der Waals surface area contributed by atoms with Crippen molar-refractivity contribution in [2.45, 2.75) is 26.2 Å². The van der Waals surface area contributed by atoms with E-state index in [0.717, 1.165) is 41.5 Å². The van der Waals surface area contributed by atoms with Crippen LogP contribution in [0.5, 0.6) is 0 Å². The monoisotopic (exact) mass is 284 g/mol. The zero-order valence-electron chi connectivity index (χ0n) is 12.2. The van der Waals surface area contributed by atoms with Crippen LogP contribution in [0.1, 0.15) is 24.8 Å². The first kappa shape index (κ1) is 13.9. The normalized spacial score (nSPS) is 21.6. The van der Waals surface area contributed by atoms with Crippen LogP contribution >= 0.6 is 0 Å². The summed E-state index contributed by atoms with van der Waals surface area (Å²) in [4.78, 5) is 15.9. The second kappa shape index (κ2) is 5.72. The molecule has 1 aromatic heterocycles. The van der Waals surface area contributed by atoms with E-state index in [4.69, 9.17) is 0 Å². The molecular formula is C17H20N2O2. The van der Waals surface area contributed by atoms with E-state index in [1.165, 1.54) is 0 Å². The highest BCUT2D eigenvalue weighted by Crippen LogP contribution is 2.32. The van der Waals surface area contributed by atoms with Gasteiger partial charge in [-0.1, -0.05) is 24.6 Å². The minimum atomic E-state index is -0.664. The minimum Gasteiger partial charge on any atom is -0.481 e. The Morgan fingerprint density at radius 1 is 1.38 bits per heavy atom. The summed E-state index contributed by atoms with van der Waals surface area (Å²) in [6.07, 6.45) is 2.79. The zero-order valence-corrected chi connectivity index (χ0v) is 12.2. The van der Waals surface area contributed by atoms with Crippen LogP contribution in [0.25, 0.3) is 10.9 Å². The van der Waals surface area contributed by atoms with Crippen LogP contribution in [0.3, 0.4) is 0 Å². The third-order valence-electron chi connectivity index (χ3n) is 4.42. The van der Waals surface area contributed by atoms with E-state index in [1.807, 2.05) is 25.1 Å². The number of anilines is 1. The molecule has 1 aliphatic carbocycles. The van der Waals surface area contributed by atoms with Gasteiger partial charge in [0.25, 0.3) is 0 Å². The summed E-state index contributed by atoms with van der Waals surface area (Å²) < 4.78 is 0. The number of aliphatic carboxylic acids is 1. The van der Waals surface area contributed by atoms with Crippen molar-refractivity contribution in [2.24, 2.45) is 11.8 Å². The number of aromatic nitrogens is 1. The molecule has 1 aromatic carbocycles. The predicted molar refractivity (Wildman–Crippen MR) is 83.4 cm³/mol. The maximum Gasteiger partial charge on any atom is 0.306 e. The average Bonchev–Trinajstić information content (AvgIpc) is 2.93. The number of carbonyl (C=O) groups is 1. The topological polar surface area (TPSA) is 62.2 Å². The molecule has 4 heteroatoms. The maximum absolute atomic E-state index is 11.2. The fourth-order valence-corrected chi connectivity index (χ4v) is 3.23. The van der Waals surface area contributed by atoms with Crippen molar-refractivity contribution >= 4 is 22.7 Å². The summed E-state index contributed by atoms with van der Waals surface area (Å²) in [7, 11) is 0. The summed E-state index contributed by atoms with van der Waals surface area (Å²) in [6, 6.07) is 10.2. The van der Waals surface area contributed by atoms with Crippen LogP contribution < -0.4 is 5.32 Å². The number of hydrogen-bond donors (Lipinski definition) is 2. The van der Waals surface area contributed by atoms with Crippen LogP contribution in [0.15, 0.2) is 30.3 Å². The number of nitrogens with zero attached hydrogens (tertiary/aromatic N) is 1. The largest absolute Gasteiger partial charge is 0.481 e. The predicted octanol–water partition coefficient (Wildman–Crippen LogP) is 3.46. The molecule has 1 fully saturated rings. The SMILES string of the molecule is Cc1cc2ccccc2nc1NCC1CCCC1C(=O)O. The summed E-state index contributed by atoms with van der Waals surface area (Å²) in [5.41, 5.74) is 2.06. The van der Waals surface area contributed by atoms with E-state index >= 15 is 0 Å². The maximum atomic E-state index is 11.2. The smallest absolute Gasteiger partial charge is 0.306 e. The second-order valence-electron chi connectivity index (χ2n) is 5.86. The summed E-state index contributed by atoms with van der Waals surface area (Å²) >= 11 is 0. The van der Waals surface area contributed by atoms with Gasteiger partial charge in [0, 0.05) is 11.9 Å². The molecule has 110 valence electrons. The molecular weight excluding hydrogens is 264 g/mol. The Labute approximate surface area is 124 Å². The van der Waals surface area contributed by atoms with E-state index in [2.05, 4.69) is 22.4 Å². The molecule has 0 radical (unpaired) electrons. The number of para-hydroxylation sites is 1. The summed E-state index contributed by atoms with van der Waals surface area (Å²) in [5.74, 6) is 0.195. The van der Waals surface area contributed by atoms with E-state index in [-0.39, 0.29) is 11.8 Å². The highest BCUT2D eigenvalue weighted by molar-refractivity contribution is 5.81. The Balaban J connectivity index is 1.76. The first-order valence-electron chi connectivity index (χ1n) is 7.48. The van der Waals surface area contributed by atoms with Gasteiger partial charge in [0.1, 0.15) is 5.82 Å². The average molecular weight is 284 g/mol. The van der Waals surface area contributed by atoms with Crippen molar-refractivity contribution in [2.75, 3.05) is 11.9 Å². The van der Waals surface area contributed by atoms with Crippen molar-refractivity contribution in [1.82, 2.24) is 4.98 Å². The van der Waals surface area contributed by atoms with Crippen molar-refractivity contribution in [3.05, 3.63) is 35.9 Å². The molecule has 0 spiro atoms. The van der Waals surface area contributed by atoms with Gasteiger partial charge in [0.15, 0.2) is 0 Å². The molecule has 21 heavy (non-hydrogen) atoms. The Morgan fingerprint density at radius 2 is 2.19 bits per heavy atom. The fraction of sp³-hybridized carbons (Fsp3) is 0.412. The summed E-state index contributed by atoms with van der Waals surface area (Å²) in [6.45, 7) is 2.72. The molecule has 4 nitrogen and oxygen atoms in total. The Bertz CT molecular complexity index is 669. The van der Waals surface area contributed by atoms with Gasteiger partial charge in [-0.2, -0.15) is 0 Å². The minimum absolute atomic E-state index is 0.204. The number of rotatable bonds is 4. The first-order valence-corrected chi connectivity index (χ1v) is 7.48. The van der Waals surface area contributed by atoms with Gasteiger partial charge < -0.3 is 10.4 Å². The van der Waals surface area contributed by atoms with Crippen LogP contribution in [-0.4, -0.2) is 22.6 Å². The molecule has 1 heterocycles. The third-order valence-corrected chi connectivity index (χ3v) is 4.42. The van der Waals surface area contributed by atoms with Crippen molar-refractivity contribution < 1.29 is 9.90 Å². The molecule has 0 aliphatic heterocycles. The molecule has 0 bridgehead atoms. The number of carboxylic acids is 1. The fourth-order valence-electron chi connectivity index (χ4n) is 3.23. The standard InChI is InChI=1S/C17H20N2O2/c1-11-9-12-5-2-3-8-15(12)19-16(11)18-10-13-6-4-7-14(13)17(20)21/h2-3,5,8-9,13-14H,4,6-7,10H2,1H3,(H,18,19)(H,20,21). The lowest BCUT2D eigenvalue weighted by Crippen LogP contribution is -2.24. The molecule has 2 aromatic rings. The number of benzene rings is 1. The molecule has 0 saturated heterocycles. The Kier molecular flexibility index (Phi) is 3.78. The van der Waals surface area contributed by atoms with Gasteiger partial charge >= 0.3 is 5.97 Å². The first-order chi connectivity index (χ1) is 10.1. The highest BCUT2D eigenvalue weighted by Gasteiger charge is 2.32. The van der Waals surface area contributed by atoms with E-state index in [1.54, 1.807) is 0 Å². The number of carboxylic acid groups (broad SMARTS) is 1. The lowest BCUT2D eigenvalue weighted by Gasteiger charge is -2.18. The van der Waals surface area contributed by atoms with Crippen LogP contribution in [-0.2, 0) is 4.79 Å². The quantitative estimate of drug-likeness (QED) is 0.902. The Morgan fingerprint density at radius 3 is 3.00 bits per heavy atom. The third kappa shape index (κ3) is 2.84. The van der Waals surface area contributed by atoms with Gasteiger partial charge in [-0.15, -0.1) is 0 Å². The molecule has 0 amide bonds. The van der Waals surface area contributed by atoms with Gasteiger partial charge in [-0.3, -0.25) is 4.79 Å². The van der Waals surface area contributed by atoms with Gasteiger partial charge in [0.2, 0.25) is 0 Å². The number of aryl methyl sites for hydroxylation is 1. The molecule has 1 saturated carbocycles. The van der Waals surface area contributed by atoms with Crippen LogP contribution in [0, 0.1) is 18.8 Å². The molecule has 2 N–H and O–H groups in total. The summed E-state index contributed by atoms with van der Waals surface area (Å²) in [5, 5.41) is 13.7. The van der Waals surface area contributed by atoms with E-state index in [0.29, 0.717) is 6.54 Å². The van der Waals surface area contributed by atoms with Crippen molar-refractivity contribution in [3.8, 4) is 0 Å². The molecule has 1 aliphatic rings. The van der Waals surface area contributed by atoms with Crippen molar-refractivity contribution in [1.29, 1.82) is 0 Å². The van der Waals surface area contributed by atoms with Gasteiger partial charge in [-0.25, -0.2) is 4.98 Å². The number of hydrogen-bond acceptors (Lipinski definition) is 3. The van der Waals surface area contributed by atoms with Crippen molar-refractivity contribution in [3.63, 3.8) is 0 Å². The van der Waals surface area contributed by atoms with Crippen LogP contribution in [0.2, 0.25) is 0 Å². The molecule has 2 atom stereocenters. The lowest BCUT2D eigenvalue weighted by atomic mass is 9.96. The van der Waals surface area contributed by atoms with Gasteiger partial charge in [-0.05, 0) is 43.4 Å². The Hall–Kier alpha value is -2.10. The lowest BCUT2D eigenvalue weighted by molar-refractivity contribution is -0.142. The van der Waals surface area contributed by atoms with Gasteiger partial charge in [0.05, 0.1) is 11.4 Å². The molecule has 2 unspecified atom stereocenters. The van der Waals surface area contributed by atoms with E-state index < -0.39 is 5.97 Å². The number of nitrogens with one attached hydrogen (secondary N) is 1. The second-order valence-corrected chi connectivity index (χ2v) is 5.86. The number of fused-ring (bicyclic) bond motifs is 1. The number of pyridine rings is 1. The zero-order chi connectivity index (χ0) is 14.8. The molecule has 3 rings (SSSR count). The van der Waals surface area contributed by atoms with Crippen LogP contribution in [0.4, 0.5) is 5.82 Å². The van der Waals surface area contributed by atoms with E-state index in [9.17, 15) is 9.90 Å².